The Bertz CT molecular complexity index is 777. The first-order chi connectivity index (χ1) is 12.4. The summed E-state index contributed by atoms with van der Waals surface area (Å²) >= 11 is 1.71. The van der Waals surface area contributed by atoms with E-state index in [2.05, 4.69) is 0 Å². The van der Waals surface area contributed by atoms with Crippen molar-refractivity contribution in [1.82, 2.24) is 4.90 Å². The number of carbonyl (C=O) groups is 4. The van der Waals surface area contributed by atoms with Crippen molar-refractivity contribution in [2.45, 2.75) is 51.1 Å². The van der Waals surface area contributed by atoms with Crippen LogP contribution in [-0.4, -0.2) is 39.4 Å². The Kier molecular flexibility index (Phi) is 5.74. The highest BCUT2D eigenvalue weighted by molar-refractivity contribution is 14.1. The van der Waals surface area contributed by atoms with Crippen molar-refractivity contribution in [1.29, 1.82) is 0 Å². The van der Waals surface area contributed by atoms with Crippen molar-refractivity contribution in [3.63, 3.8) is 0 Å². The van der Waals surface area contributed by atoms with Gasteiger partial charge in [-0.2, -0.15) is 0 Å². The Labute approximate surface area is 166 Å². The summed E-state index contributed by atoms with van der Waals surface area (Å²) in [6, 6.07) is 4.75. The van der Waals surface area contributed by atoms with Gasteiger partial charge in [-0.15, -0.1) is 0 Å². The molecule has 7 heteroatoms. The maximum absolute atomic E-state index is 12.8. The van der Waals surface area contributed by atoms with Crippen molar-refractivity contribution in [2.75, 3.05) is 11.9 Å². The van der Waals surface area contributed by atoms with E-state index in [9.17, 15) is 19.2 Å². The molecule has 1 heterocycles. The number of fused-ring (bicyclic) bond motifs is 1. The number of hydrogen-bond acceptors (Lipinski definition) is 4. The van der Waals surface area contributed by atoms with Crippen LogP contribution in [0, 0.1) is 0 Å². The Balaban J connectivity index is 1.84. The molecule has 0 saturated heterocycles. The Hall–Kier alpha value is -1.77. The van der Waals surface area contributed by atoms with Crippen LogP contribution < -0.4 is 4.90 Å². The molecule has 1 unspecified atom stereocenters. The van der Waals surface area contributed by atoms with Crippen LogP contribution in [0.4, 0.5) is 10.5 Å². The van der Waals surface area contributed by atoms with Crippen LogP contribution in [0.1, 0.15) is 54.4 Å². The second-order valence-electron chi connectivity index (χ2n) is 6.85. The van der Waals surface area contributed by atoms with Crippen molar-refractivity contribution in [3.05, 3.63) is 29.3 Å². The number of nitrogens with zero attached hydrogens (tertiary/aromatic N) is 2. The maximum atomic E-state index is 12.8. The van der Waals surface area contributed by atoms with E-state index in [-0.39, 0.29) is 21.4 Å². The second-order valence-corrected chi connectivity index (χ2v) is 7.78. The van der Waals surface area contributed by atoms with Gasteiger partial charge in [0.25, 0.3) is 9.82 Å². The Morgan fingerprint density at radius 3 is 2.62 bits per heavy atom. The molecular weight excluding hydrogens is 447 g/mol. The van der Waals surface area contributed by atoms with Crippen LogP contribution in [0.15, 0.2) is 18.2 Å². The zero-order chi connectivity index (χ0) is 18.8. The molecule has 1 aliphatic carbocycles. The minimum absolute atomic E-state index is 0.0423. The highest BCUT2D eigenvalue weighted by Gasteiger charge is 2.36. The summed E-state index contributed by atoms with van der Waals surface area (Å²) in [5, 5.41) is 0. The van der Waals surface area contributed by atoms with Crippen LogP contribution >= 0.6 is 22.6 Å². The quantitative estimate of drug-likeness (QED) is 0.379. The summed E-state index contributed by atoms with van der Waals surface area (Å²) in [5.41, 5.74) is 2.10. The van der Waals surface area contributed by atoms with Crippen molar-refractivity contribution in [3.8, 4) is 0 Å². The van der Waals surface area contributed by atoms with Crippen LogP contribution in [0.5, 0.6) is 0 Å². The molecule has 0 spiro atoms. The number of Topliss-reactive ketones (excluding diaryl/α,β-unsaturated/α-hetero) is 2. The highest BCUT2D eigenvalue weighted by Crippen LogP contribution is 2.31. The van der Waals surface area contributed by atoms with Gasteiger partial charge in [0.05, 0.1) is 6.04 Å². The lowest BCUT2D eigenvalue weighted by molar-refractivity contribution is -0.124. The van der Waals surface area contributed by atoms with Gasteiger partial charge in [0, 0.05) is 66.7 Å². The van der Waals surface area contributed by atoms with E-state index in [1.807, 2.05) is 6.07 Å². The average Bonchev–Trinajstić information content (AvgIpc) is 2.96. The molecular formula is C19H21IN2O4. The number of carbonyl (C=O) groups excluding carboxylic acids is 4. The van der Waals surface area contributed by atoms with Crippen LogP contribution in [-0.2, 0) is 16.1 Å². The zero-order valence-corrected chi connectivity index (χ0v) is 16.8. The predicted molar refractivity (Wildman–Crippen MR) is 106 cm³/mol. The van der Waals surface area contributed by atoms with Crippen LogP contribution in [0.3, 0.4) is 0 Å². The van der Waals surface area contributed by atoms with Gasteiger partial charge in [0.2, 0.25) is 0 Å². The first-order valence-corrected chi connectivity index (χ1v) is 9.88. The highest BCUT2D eigenvalue weighted by atomic mass is 127. The van der Waals surface area contributed by atoms with E-state index < -0.39 is 6.04 Å². The number of rotatable bonds is 2. The topological polar surface area (TPSA) is 74.8 Å². The lowest BCUT2D eigenvalue weighted by atomic mass is 10.0. The number of ketones is 2. The summed E-state index contributed by atoms with van der Waals surface area (Å²) in [6.07, 6.45) is 3.11. The molecule has 1 aliphatic heterocycles. The molecule has 0 aromatic heterocycles. The predicted octanol–water partition coefficient (Wildman–Crippen LogP) is 3.49. The van der Waals surface area contributed by atoms with E-state index in [0.717, 1.165) is 12.0 Å². The van der Waals surface area contributed by atoms with Gasteiger partial charge in [0.15, 0.2) is 5.78 Å². The third kappa shape index (κ3) is 3.82. The fourth-order valence-electron chi connectivity index (χ4n) is 3.59. The molecule has 1 atom stereocenters. The molecule has 1 aromatic rings. The number of amides is 2. The Morgan fingerprint density at radius 2 is 1.88 bits per heavy atom. The molecule has 6 nitrogen and oxygen atoms in total. The summed E-state index contributed by atoms with van der Waals surface area (Å²) in [4.78, 5) is 52.0. The van der Waals surface area contributed by atoms with E-state index in [1.165, 1.54) is 4.90 Å². The monoisotopic (exact) mass is 468 g/mol. The van der Waals surface area contributed by atoms with Crippen LogP contribution in [0.2, 0.25) is 0 Å². The average molecular weight is 468 g/mol. The smallest absolute Gasteiger partial charge is 0.287 e. The van der Waals surface area contributed by atoms with E-state index in [0.29, 0.717) is 49.9 Å². The zero-order valence-electron chi connectivity index (χ0n) is 14.7. The molecule has 1 aromatic carbocycles. The van der Waals surface area contributed by atoms with E-state index >= 15 is 0 Å². The number of benzene rings is 1. The van der Waals surface area contributed by atoms with Gasteiger partial charge < -0.3 is 9.80 Å². The van der Waals surface area contributed by atoms with E-state index in [4.69, 9.17) is 0 Å². The van der Waals surface area contributed by atoms with Gasteiger partial charge >= 0.3 is 0 Å². The first-order valence-electron chi connectivity index (χ1n) is 8.80. The fraction of sp³-hybridized carbons (Fsp3) is 0.474. The molecule has 1 saturated carbocycles. The summed E-state index contributed by atoms with van der Waals surface area (Å²) < 4.78 is -0.117. The molecule has 0 radical (unpaired) electrons. The minimum Gasteiger partial charge on any atom is -0.324 e. The van der Waals surface area contributed by atoms with Crippen molar-refractivity contribution >= 4 is 49.7 Å². The minimum atomic E-state index is -0.538. The molecule has 0 N–H and O–H groups in total. The lowest BCUT2D eigenvalue weighted by Crippen LogP contribution is -2.41. The van der Waals surface area contributed by atoms with Gasteiger partial charge in [-0.3, -0.25) is 19.2 Å². The standard InChI is InChI=1S/C19H21IN2O4/c1-21(19(20)26)13-6-8-15-12(10-13)11-22(18(15)25)16-9-7-14(23)4-2-3-5-17(16)24/h6,8,10,16H,2-5,7,9,11H2,1H3. The molecule has 0 bridgehead atoms. The van der Waals surface area contributed by atoms with Crippen LogP contribution in [0.25, 0.3) is 0 Å². The normalized spacial score (nSPS) is 21.1. The lowest BCUT2D eigenvalue weighted by Gasteiger charge is -2.26. The second kappa shape index (κ2) is 7.85. The molecule has 2 amide bonds. The largest absolute Gasteiger partial charge is 0.324 e. The summed E-state index contributed by atoms with van der Waals surface area (Å²) in [7, 11) is 1.68. The molecule has 1 fully saturated rings. The SMILES string of the molecule is CN(C(=O)I)c1ccc2c(c1)CN(C1CCC(=O)CCCCC1=O)C2=O. The van der Waals surface area contributed by atoms with Crippen molar-refractivity contribution < 1.29 is 19.2 Å². The first kappa shape index (κ1) is 19.0. The Morgan fingerprint density at radius 1 is 1.15 bits per heavy atom. The fourth-order valence-corrected chi connectivity index (χ4v) is 3.87. The number of halogens is 1. The van der Waals surface area contributed by atoms with Gasteiger partial charge in [-0.05, 0) is 43.0 Å². The summed E-state index contributed by atoms with van der Waals surface area (Å²) in [5.74, 6) is 0.0408. The van der Waals surface area contributed by atoms with Gasteiger partial charge in [-0.25, -0.2) is 0 Å². The molecule has 3 rings (SSSR count). The third-order valence-corrected chi connectivity index (χ3v) is 5.87. The molecule has 2 aliphatic rings. The van der Waals surface area contributed by atoms with Gasteiger partial charge in [0.1, 0.15) is 5.78 Å². The molecule has 26 heavy (non-hydrogen) atoms. The molecule has 138 valence electrons. The maximum Gasteiger partial charge on any atom is 0.287 e. The third-order valence-electron chi connectivity index (χ3n) is 5.15. The van der Waals surface area contributed by atoms with E-state index in [1.54, 1.807) is 46.7 Å². The summed E-state index contributed by atoms with van der Waals surface area (Å²) in [6.45, 7) is 0.343. The number of hydrogen-bond donors (Lipinski definition) is 0. The van der Waals surface area contributed by atoms with Gasteiger partial charge in [-0.1, -0.05) is 0 Å². The van der Waals surface area contributed by atoms with Crippen molar-refractivity contribution in [2.24, 2.45) is 0 Å². The number of anilines is 1.